The van der Waals surface area contributed by atoms with E-state index in [1.54, 1.807) is 12.1 Å². The molecule has 1 amide bonds. The van der Waals surface area contributed by atoms with Gasteiger partial charge in [-0.2, -0.15) is 0 Å². The van der Waals surface area contributed by atoms with Crippen LogP contribution >= 0.6 is 27.5 Å². The summed E-state index contributed by atoms with van der Waals surface area (Å²) in [6.07, 6.45) is 3.14. The highest BCUT2D eigenvalue weighted by Gasteiger charge is 2.22. The van der Waals surface area contributed by atoms with Gasteiger partial charge in [0.05, 0.1) is 16.6 Å². The Morgan fingerprint density at radius 1 is 1.24 bits per heavy atom. The summed E-state index contributed by atoms with van der Waals surface area (Å²) < 4.78 is 0.848. The van der Waals surface area contributed by atoms with Gasteiger partial charge in [-0.3, -0.25) is 4.79 Å². The summed E-state index contributed by atoms with van der Waals surface area (Å²) in [5.74, 6) is -0.122. The van der Waals surface area contributed by atoms with Crippen LogP contribution in [-0.4, -0.2) is 5.91 Å². The maximum absolute atomic E-state index is 12.5. The van der Waals surface area contributed by atoms with E-state index in [-0.39, 0.29) is 11.9 Å². The number of benzene rings is 2. The second kappa shape index (κ2) is 6.20. The van der Waals surface area contributed by atoms with Gasteiger partial charge in [-0.25, -0.2) is 0 Å². The van der Waals surface area contributed by atoms with Gasteiger partial charge in [0.1, 0.15) is 0 Å². The molecule has 0 aromatic heterocycles. The van der Waals surface area contributed by atoms with E-state index in [0.29, 0.717) is 10.6 Å². The standard InChI is InChI=1S/C17H15BrClNO/c18-12-8-9-15(19)14(10-12)17(21)20-16-7-3-5-11-4-1-2-6-13(11)16/h1-2,4,6,8-10,16H,3,5,7H2,(H,20,21)/t16-/m0/s1. The predicted molar refractivity (Wildman–Crippen MR) is 88.7 cm³/mol. The zero-order chi connectivity index (χ0) is 14.8. The molecule has 2 aromatic rings. The Hall–Kier alpha value is -1.32. The molecule has 0 saturated heterocycles. The van der Waals surface area contributed by atoms with E-state index in [2.05, 4.69) is 33.4 Å². The van der Waals surface area contributed by atoms with Gasteiger partial charge in [0.2, 0.25) is 0 Å². The smallest absolute Gasteiger partial charge is 0.253 e. The lowest BCUT2D eigenvalue weighted by molar-refractivity contribution is 0.0933. The lowest BCUT2D eigenvalue weighted by atomic mass is 9.87. The van der Waals surface area contributed by atoms with Crippen LogP contribution < -0.4 is 5.32 Å². The normalized spacial score (nSPS) is 17.1. The number of fused-ring (bicyclic) bond motifs is 1. The molecule has 21 heavy (non-hydrogen) atoms. The molecule has 0 radical (unpaired) electrons. The third-order valence-corrected chi connectivity index (χ3v) is 4.67. The van der Waals surface area contributed by atoms with Crippen LogP contribution in [0.4, 0.5) is 0 Å². The van der Waals surface area contributed by atoms with E-state index in [4.69, 9.17) is 11.6 Å². The zero-order valence-electron chi connectivity index (χ0n) is 11.4. The fourth-order valence-corrected chi connectivity index (χ4v) is 3.38. The number of rotatable bonds is 2. The summed E-state index contributed by atoms with van der Waals surface area (Å²) in [5, 5.41) is 3.59. The van der Waals surface area contributed by atoms with Crippen molar-refractivity contribution in [3.05, 3.63) is 68.7 Å². The second-order valence-electron chi connectivity index (χ2n) is 5.24. The van der Waals surface area contributed by atoms with E-state index in [0.717, 1.165) is 23.7 Å². The van der Waals surface area contributed by atoms with Crippen LogP contribution in [0.2, 0.25) is 5.02 Å². The fraction of sp³-hybridized carbons (Fsp3) is 0.235. The van der Waals surface area contributed by atoms with Crippen LogP contribution in [0.15, 0.2) is 46.9 Å². The topological polar surface area (TPSA) is 29.1 Å². The molecule has 108 valence electrons. The average molecular weight is 365 g/mol. The number of hydrogen-bond acceptors (Lipinski definition) is 1. The van der Waals surface area contributed by atoms with Crippen LogP contribution in [0.1, 0.15) is 40.4 Å². The summed E-state index contributed by atoms with van der Waals surface area (Å²) >= 11 is 9.50. The fourth-order valence-electron chi connectivity index (χ4n) is 2.81. The van der Waals surface area contributed by atoms with Crippen molar-refractivity contribution in [3.8, 4) is 0 Å². The van der Waals surface area contributed by atoms with Crippen molar-refractivity contribution >= 4 is 33.4 Å². The van der Waals surface area contributed by atoms with Gasteiger partial charge in [0.15, 0.2) is 0 Å². The molecule has 0 heterocycles. The average Bonchev–Trinajstić information content (AvgIpc) is 2.50. The Morgan fingerprint density at radius 2 is 2.05 bits per heavy atom. The van der Waals surface area contributed by atoms with Crippen LogP contribution in [0.25, 0.3) is 0 Å². The predicted octanol–water partition coefficient (Wildman–Crippen LogP) is 4.91. The third kappa shape index (κ3) is 3.14. The molecule has 0 bridgehead atoms. The largest absolute Gasteiger partial charge is 0.345 e. The van der Waals surface area contributed by atoms with Crippen molar-refractivity contribution in [1.29, 1.82) is 0 Å². The summed E-state index contributed by atoms with van der Waals surface area (Å²) in [4.78, 5) is 12.5. The van der Waals surface area contributed by atoms with Crippen molar-refractivity contribution in [2.45, 2.75) is 25.3 Å². The first-order chi connectivity index (χ1) is 10.1. The highest BCUT2D eigenvalue weighted by atomic mass is 79.9. The molecule has 0 unspecified atom stereocenters. The number of aryl methyl sites for hydroxylation is 1. The van der Waals surface area contributed by atoms with Crippen LogP contribution in [-0.2, 0) is 6.42 Å². The molecule has 3 rings (SSSR count). The van der Waals surface area contributed by atoms with Crippen molar-refractivity contribution in [3.63, 3.8) is 0 Å². The van der Waals surface area contributed by atoms with Gasteiger partial charge >= 0.3 is 0 Å². The van der Waals surface area contributed by atoms with Crippen LogP contribution in [0.5, 0.6) is 0 Å². The van der Waals surface area contributed by atoms with Crippen LogP contribution in [0, 0.1) is 0 Å². The van der Waals surface area contributed by atoms with Gasteiger partial charge in [-0.1, -0.05) is 51.8 Å². The van der Waals surface area contributed by atoms with Crippen molar-refractivity contribution < 1.29 is 4.79 Å². The molecular formula is C17H15BrClNO. The molecule has 2 aromatic carbocycles. The SMILES string of the molecule is O=C(N[C@H]1CCCc2ccccc21)c1cc(Br)ccc1Cl. The van der Waals surface area contributed by atoms with E-state index < -0.39 is 0 Å². The number of carbonyl (C=O) groups is 1. The highest BCUT2D eigenvalue weighted by Crippen LogP contribution is 2.30. The van der Waals surface area contributed by atoms with E-state index in [1.807, 2.05) is 18.2 Å². The number of carbonyl (C=O) groups excluding carboxylic acids is 1. The van der Waals surface area contributed by atoms with Crippen molar-refractivity contribution in [1.82, 2.24) is 5.32 Å². The van der Waals surface area contributed by atoms with Crippen LogP contribution in [0.3, 0.4) is 0 Å². The van der Waals surface area contributed by atoms with E-state index >= 15 is 0 Å². The lowest BCUT2D eigenvalue weighted by Crippen LogP contribution is -2.31. The van der Waals surface area contributed by atoms with Gasteiger partial charge in [-0.05, 0) is 48.6 Å². The summed E-state index contributed by atoms with van der Waals surface area (Å²) in [7, 11) is 0. The minimum Gasteiger partial charge on any atom is -0.345 e. The maximum Gasteiger partial charge on any atom is 0.253 e. The molecule has 4 heteroatoms. The second-order valence-corrected chi connectivity index (χ2v) is 6.56. The first-order valence-corrected chi connectivity index (χ1v) is 8.16. The van der Waals surface area contributed by atoms with Gasteiger partial charge in [0, 0.05) is 4.47 Å². The zero-order valence-corrected chi connectivity index (χ0v) is 13.7. The Labute approximate surface area is 137 Å². The first-order valence-electron chi connectivity index (χ1n) is 6.99. The molecule has 1 atom stereocenters. The molecule has 1 N–H and O–H groups in total. The van der Waals surface area contributed by atoms with Crippen molar-refractivity contribution in [2.24, 2.45) is 0 Å². The molecule has 0 saturated carbocycles. The quantitative estimate of drug-likeness (QED) is 0.806. The monoisotopic (exact) mass is 363 g/mol. The Kier molecular flexibility index (Phi) is 4.32. The summed E-state index contributed by atoms with van der Waals surface area (Å²) in [6.45, 7) is 0. The maximum atomic E-state index is 12.5. The van der Waals surface area contributed by atoms with Gasteiger partial charge in [0.25, 0.3) is 5.91 Å². The Balaban J connectivity index is 1.84. The molecular weight excluding hydrogens is 350 g/mol. The molecule has 0 aliphatic heterocycles. The third-order valence-electron chi connectivity index (χ3n) is 3.85. The first kappa shape index (κ1) is 14.6. The van der Waals surface area contributed by atoms with Gasteiger partial charge < -0.3 is 5.32 Å². The van der Waals surface area contributed by atoms with E-state index in [9.17, 15) is 4.79 Å². The highest BCUT2D eigenvalue weighted by molar-refractivity contribution is 9.10. The number of hydrogen-bond donors (Lipinski definition) is 1. The Bertz CT molecular complexity index is 686. The minimum atomic E-state index is -0.122. The molecule has 1 aliphatic carbocycles. The van der Waals surface area contributed by atoms with Crippen molar-refractivity contribution in [2.75, 3.05) is 0 Å². The summed E-state index contributed by atoms with van der Waals surface area (Å²) in [6, 6.07) is 13.7. The number of halogens is 2. The number of nitrogens with one attached hydrogen (secondary N) is 1. The molecule has 0 fully saturated rings. The van der Waals surface area contributed by atoms with Gasteiger partial charge in [-0.15, -0.1) is 0 Å². The minimum absolute atomic E-state index is 0.0671. The molecule has 0 spiro atoms. The summed E-state index contributed by atoms with van der Waals surface area (Å²) in [5.41, 5.74) is 3.06. The Morgan fingerprint density at radius 3 is 2.90 bits per heavy atom. The lowest BCUT2D eigenvalue weighted by Gasteiger charge is -2.26. The van der Waals surface area contributed by atoms with E-state index in [1.165, 1.54) is 11.1 Å². The molecule has 1 aliphatic rings. The molecule has 2 nitrogen and oxygen atoms in total. The number of amides is 1.